The highest BCUT2D eigenvalue weighted by Gasteiger charge is 2.07. The SMILES string of the molecule is CC.CC(C)c1ccc(F)c2ccccc12.Cc1ncc2c(N)nc(N)nc2n1. The Bertz CT molecular complexity index is 1110. The van der Waals surface area contributed by atoms with Crippen LogP contribution in [0.3, 0.4) is 0 Å². The third kappa shape index (κ3) is 5.13. The lowest BCUT2D eigenvalue weighted by Crippen LogP contribution is -2.02. The van der Waals surface area contributed by atoms with E-state index in [4.69, 9.17) is 11.5 Å². The Morgan fingerprint density at radius 2 is 1.52 bits per heavy atom. The molecule has 4 aromatic rings. The van der Waals surface area contributed by atoms with Crippen molar-refractivity contribution in [3.05, 3.63) is 59.8 Å². The average Bonchev–Trinajstić information content (AvgIpc) is 2.70. The Morgan fingerprint density at radius 1 is 0.862 bits per heavy atom. The van der Waals surface area contributed by atoms with Crippen molar-refractivity contribution in [2.24, 2.45) is 0 Å². The molecule has 4 rings (SSSR count). The molecule has 0 aliphatic carbocycles. The minimum atomic E-state index is -0.134. The zero-order valence-corrected chi connectivity index (χ0v) is 17.4. The molecule has 152 valence electrons. The van der Waals surface area contributed by atoms with Crippen LogP contribution >= 0.6 is 0 Å². The molecule has 4 N–H and O–H groups in total. The topological polar surface area (TPSA) is 104 Å². The van der Waals surface area contributed by atoms with Crippen molar-refractivity contribution < 1.29 is 4.39 Å². The molecule has 0 amide bonds. The lowest BCUT2D eigenvalue weighted by molar-refractivity contribution is 0.639. The quantitative estimate of drug-likeness (QED) is 0.470. The summed E-state index contributed by atoms with van der Waals surface area (Å²) in [6.45, 7) is 10.0. The highest BCUT2D eigenvalue weighted by Crippen LogP contribution is 2.26. The Kier molecular flexibility index (Phi) is 7.36. The molecule has 0 radical (unpaired) electrons. The molecule has 7 heteroatoms. The monoisotopic (exact) mass is 394 g/mol. The van der Waals surface area contributed by atoms with E-state index in [1.165, 1.54) is 5.56 Å². The van der Waals surface area contributed by atoms with Gasteiger partial charge in [0.05, 0.1) is 5.39 Å². The molecule has 0 saturated heterocycles. The van der Waals surface area contributed by atoms with Gasteiger partial charge >= 0.3 is 0 Å². The van der Waals surface area contributed by atoms with Crippen molar-refractivity contribution in [2.45, 2.75) is 40.5 Å². The second kappa shape index (κ2) is 9.73. The van der Waals surface area contributed by atoms with Crippen molar-refractivity contribution in [3.63, 3.8) is 0 Å². The van der Waals surface area contributed by atoms with E-state index in [0.29, 0.717) is 28.6 Å². The predicted molar refractivity (Wildman–Crippen MR) is 118 cm³/mol. The van der Waals surface area contributed by atoms with E-state index >= 15 is 0 Å². The van der Waals surface area contributed by atoms with Crippen molar-refractivity contribution in [3.8, 4) is 0 Å². The van der Waals surface area contributed by atoms with Crippen LogP contribution in [0.25, 0.3) is 21.8 Å². The summed E-state index contributed by atoms with van der Waals surface area (Å²) in [7, 11) is 0. The zero-order valence-electron chi connectivity index (χ0n) is 17.4. The molecule has 0 fully saturated rings. The number of fused-ring (bicyclic) bond motifs is 2. The molecule has 2 aromatic heterocycles. The number of anilines is 2. The fraction of sp³-hybridized carbons (Fsp3) is 0.273. The van der Waals surface area contributed by atoms with E-state index < -0.39 is 0 Å². The zero-order chi connectivity index (χ0) is 21.6. The highest BCUT2D eigenvalue weighted by atomic mass is 19.1. The summed E-state index contributed by atoms with van der Waals surface area (Å²) in [5.41, 5.74) is 12.7. The largest absolute Gasteiger partial charge is 0.383 e. The summed E-state index contributed by atoms with van der Waals surface area (Å²) < 4.78 is 13.4. The first-order chi connectivity index (χ1) is 13.9. The number of aryl methyl sites for hydroxylation is 1. The van der Waals surface area contributed by atoms with Gasteiger partial charge in [0.1, 0.15) is 17.5 Å². The Hall–Kier alpha value is -3.35. The molecule has 2 aromatic carbocycles. The summed E-state index contributed by atoms with van der Waals surface area (Å²) in [5, 5.41) is 2.38. The van der Waals surface area contributed by atoms with E-state index in [1.54, 1.807) is 19.2 Å². The molecular formula is C22H27FN6. The highest BCUT2D eigenvalue weighted by molar-refractivity contribution is 5.86. The van der Waals surface area contributed by atoms with Gasteiger partial charge in [-0.05, 0) is 29.9 Å². The lowest BCUT2D eigenvalue weighted by atomic mass is 9.96. The van der Waals surface area contributed by atoms with Crippen LogP contribution in [0.15, 0.2) is 42.6 Å². The Morgan fingerprint density at radius 3 is 2.17 bits per heavy atom. The number of nitrogen functional groups attached to an aromatic ring is 2. The second-order valence-electron chi connectivity index (χ2n) is 6.46. The molecule has 0 unspecified atom stereocenters. The van der Waals surface area contributed by atoms with E-state index in [0.717, 1.165) is 10.8 Å². The number of hydrogen-bond acceptors (Lipinski definition) is 6. The smallest absolute Gasteiger partial charge is 0.224 e. The molecule has 0 atom stereocenters. The summed E-state index contributed by atoms with van der Waals surface area (Å²) in [5.74, 6) is 1.36. The van der Waals surface area contributed by atoms with Crippen molar-refractivity contribution in [1.29, 1.82) is 0 Å². The summed E-state index contributed by atoms with van der Waals surface area (Å²) >= 11 is 0. The van der Waals surface area contributed by atoms with Crippen LogP contribution in [0.2, 0.25) is 0 Å². The number of halogens is 1. The summed E-state index contributed by atoms with van der Waals surface area (Å²) in [6, 6.07) is 11.1. The van der Waals surface area contributed by atoms with E-state index in [-0.39, 0.29) is 11.8 Å². The first-order valence-electron chi connectivity index (χ1n) is 9.56. The molecular weight excluding hydrogens is 367 g/mol. The van der Waals surface area contributed by atoms with Crippen LogP contribution in [0.4, 0.5) is 16.2 Å². The van der Waals surface area contributed by atoms with Crippen LogP contribution in [0.5, 0.6) is 0 Å². The van der Waals surface area contributed by atoms with Crippen LogP contribution < -0.4 is 11.5 Å². The number of rotatable bonds is 1. The number of nitrogens with two attached hydrogens (primary N) is 2. The van der Waals surface area contributed by atoms with Gasteiger partial charge in [-0.3, -0.25) is 0 Å². The molecule has 0 aliphatic heterocycles. The first-order valence-corrected chi connectivity index (χ1v) is 9.56. The number of benzene rings is 2. The minimum absolute atomic E-state index is 0.128. The van der Waals surface area contributed by atoms with Crippen molar-refractivity contribution in [2.75, 3.05) is 11.5 Å². The number of hydrogen-bond donors (Lipinski definition) is 2. The van der Waals surface area contributed by atoms with Gasteiger partial charge in [0, 0.05) is 11.6 Å². The van der Waals surface area contributed by atoms with E-state index in [2.05, 4.69) is 33.8 Å². The predicted octanol–water partition coefficient (Wildman–Crippen LogP) is 5.02. The van der Waals surface area contributed by atoms with Crippen LogP contribution in [0, 0.1) is 12.7 Å². The maximum absolute atomic E-state index is 13.4. The Labute approximate surface area is 170 Å². The molecule has 2 heterocycles. The first kappa shape index (κ1) is 21.9. The molecule has 0 saturated carbocycles. The maximum atomic E-state index is 13.4. The van der Waals surface area contributed by atoms with Crippen LogP contribution in [-0.4, -0.2) is 19.9 Å². The van der Waals surface area contributed by atoms with Gasteiger partial charge < -0.3 is 11.5 Å². The van der Waals surface area contributed by atoms with Gasteiger partial charge in [-0.25, -0.2) is 14.4 Å². The van der Waals surface area contributed by atoms with Gasteiger partial charge in [0.2, 0.25) is 5.95 Å². The van der Waals surface area contributed by atoms with E-state index in [1.807, 2.05) is 44.2 Å². The van der Waals surface area contributed by atoms with Crippen LogP contribution in [-0.2, 0) is 0 Å². The third-order valence-electron chi connectivity index (χ3n) is 4.15. The van der Waals surface area contributed by atoms with Crippen LogP contribution in [0.1, 0.15) is 45.0 Å². The third-order valence-corrected chi connectivity index (χ3v) is 4.15. The maximum Gasteiger partial charge on any atom is 0.224 e. The van der Waals surface area contributed by atoms with Gasteiger partial charge in [-0.2, -0.15) is 9.97 Å². The molecule has 0 spiro atoms. The van der Waals surface area contributed by atoms with Crippen molar-refractivity contribution >= 4 is 33.6 Å². The number of nitrogens with zero attached hydrogens (tertiary/aromatic N) is 4. The molecule has 6 nitrogen and oxygen atoms in total. The van der Waals surface area contributed by atoms with E-state index in [9.17, 15) is 4.39 Å². The normalized spacial score (nSPS) is 10.3. The molecule has 0 aliphatic rings. The fourth-order valence-corrected chi connectivity index (χ4v) is 2.83. The van der Waals surface area contributed by atoms with Gasteiger partial charge in [0.25, 0.3) is 0 Å². The number of aromatic nitrogens is 4. The second-order valence-corrected chi connectivity index (χ2v) is 6.46. The van der Waals surface area contributed by atoms with Gasteiger partial charge in [0.15, 0.2) is 5.65 Å². The van der Waals surface area contributed by atoms with Gasteiger partial charge in [-0.15, -0.1) is 0 Å². The minimum Gasteiger partial charge on any atom is -0.383 e. The Balaban J connectivity index is 0.000000191. The van der Waals surface area contributed by atoms with Crippen molar-refractivity contribution in [1.82, 2.24) is 19.9 Å². The molecule has 29 heavy (non-hydrogen) atoms. The standard InChI is InChI=1S/C13H13F.C7H8N6.C2H6/c1-9(2)10-7-8-13(14)12-6-4-3-5-11(10)12;1-3-10-2-4-5(8)12-7(9)13-6(4)11-3;1-2/h3-9H,1-2H3;2H,1H3,(H4,8,9,10,11,12,13);1-2H3. The molecule has 0 bridgehead atoms. The summed E-state index contributed by atoms with van der Waals surface area (Å²) in [4.78, 5) is 15.8. The van der Waals surface area contributed by atoms with Gasteiger partial charge in [-0.1, -0.05) is 58.0 Å². The average molecular weight is 394 g/mol. The lowest BCUT2D eigenvalue weighted by Gasteiger charge is -2.09. The summed E-state index contributed by atoms with van der Waals surface area (Å²) in [6.07, 6.45) is 1.59. The fourth-order valence-electron chi connectivity index (χ4n) is 2.83.